The molecule has 4 heteroatoms. The lowest BCUT2D eigenvalue weighted by Gasteiger charge is -2.23. The first kappa shape index (κ1) is 17.7. The molecule has 3 aromatic rings. The van der Waals surface area contributed by atoms with Crippen LogP contribution in [-0.4, -0.2) is 11.7 Å². The molecule has 4 rings (SSSR count). The average Bonchev–Trinajstić information content (AvgIpc) is 3.20. The second-order valence-electron chi connectivity index (χ2n) is 6.48. The average molecular weight is 368 g/mol. The minimum atomic E-state index is -0.481. The quantitative estimate of drug-likeness (QED) is 0.356. The summed E-state index contributed by atoms with van der Waals surface area (Å²) >= 11 is 0. The molecule has 0 saturated heterocycles. The van der Waals surface area contributed by atoms with Crippen molar-refractivity contribution in [2.24, 2.45) is 5.10 Å². The van der Waals surface area contributed by atoms with Gasteiger partial charge < -0.3 is 4.74 Å². The number of hydrogen-bond acceptors (Lipinski definition) is 4. The molecule has 0 amide bonds. The molecular weight excluding hydrogens is 348 g/mol. The fourth-order valence-electron chi connectivity index (χ4n) is 3.37. The van der Waals surface area contributed by atoms with Crippen molar-refractivity contribution in [1.29, 1.82) is 0 Å². The fourth-order valence-corrected chi connectivity index (χ4v) is 3.37. The maximum Gasteiger partial charge on any atom is 0.335 e. The molecule has 28 heavy (non-hydrogen) atoms. The first-order valence-electron chi connectivity index (χ1n) is 9.16. The minimum Gasteiger partial charge on any atom is -0.423 e. The van der Waals surface area contributed by atoms with Gasteiger partial charge >= 0.3 is 5.97 Å². The zero-order chi connectivity index (χ0) is 19.3. The van der Waals surface area contributed by atoms with Crippen molar-refractivity contribution in [1.82, 2.24) is 0 Å². The van der Waals surface area contributed by atoms with E-state index in [1.165, 1.54) is 5.56 Å². The van der Waals surface area contributed by atoms with Gasteiger partial charge in [-0.2, -0.15) is 5.10 Å². The summed E-state index contributed by atoms with van der Waals surface area (Å²) < 4.78 is 5.43. The van der Waals surface area contributed by atoms with Gasteiger partial charge in [-0.15, -0.1) is 0 Å². The van der Waals surface area contributed by atoms with E-state index in [0.29, 0.717) is 12.2 Å². The van der Waals surface area contributed by atoms with Gasteiger partial charge in [0.25, 0.3) is 0 Å². The largest absolute Gasteiger partial charge is 0.423 e. The van der Waals surface area contributed by atoms with Crippen molar-refractivity contribution in [3.05, 3.63) is 109 Å². The molecule has 1 aliphatic heterocycles. The monoisotopic (exact) mass is 368 g/mol. The Morgan fingerprint density at radius 1 is 0.964 bits per heavy atom. The van der Waals surface area contributed by atoms with E-state index in [4.69, 9.17) is 9.84 Å². The van der Waals surface area contributed by atoms with E-state index in [1.54, 1.807) is 6.07 Å². The second-order valence-corrected chi connectivity index (χ2v) is 6.48. The number of rotatable bonds is 5. The summed E-state index contributed by atoms with van der Waals surface area (Å²) in [4.78, 5) is 11.7. The Labute approximate surface area is 164 Å². The van der Waals surface area contributed by atoms with Crippen LogP contribution in [-0.2, 0) is 4.79 Å². The molecule has 1 aliphatic rings. The predicted octanol–water partition coefficient (Wildman–Crippen LogP) is 5.13. The Kier molecular flexibility index (Phi) is 5.02. The van der Waals surface area contributed by atoms with Crippen molar-refractivity contribution >= 4 is 17.4 Å². The van der Waals surface area contributed by atoms with Crippen LogP contribution in [0.4, 0.5) is 5.69 Å². The molecule has 1 heterocycles. The van der Waals surface area contributed by atoms with Crippen molar-refractivity contribution in [3.8, 4) is 5.75 Å². The van der Waals surface area contributed by atoms with Crippen LogP contribution in [0, 0.1) is 0 Å². The zero-order valence-electron chi connectivity index (χ0n) is 15.4. The normalized spacial score (nSPS) is 15.8. The third-order valence-corrected chi connectivity index (χ3v) is 4.69. The Balaban J connectivity index is 1.75. The van der Waals surface area contributed by atoms with Crippen molar-refractivity contribution in [2.75, 3.05) is 5.01 Å². The fraction of sp³-hybridized carbons (Fsp3) is 0.0833. The van der Waals surface area contributed by atoms with Gasteiger partial charge in [0.1, 0.15) is 5.75 Å². The molecule has 1 atom stereocenters. The maximum atomic E-state index is 11.7. The molecule has 0 saturated carbocycles. The molecule has 138 valence electrons. The number of esters is 1. The molecule has 0 aliphatic carbocycles. The molecule has 4 nitrogen and oxygen atoms in total. The highest BCUT2D eigenvalue weighted by Gasteiger charge is 2.31. The lowest BCUT2D eigenvalue weighted by molar-refractivity contribution is -0.128. The first-order chi connectivity index (χ1) is 13.8. The van der Waals surface area contributed by atoms with E-state index in [0.717, 1.165) is 23.0 Å². The summed E-state index contributed by atoms with van der Waals surface area (Å²) in [5, 5.41) is 6.95. The highest BCUT2D eigenvalue weighted by Crippen LogP contribution is 2.38. The maximum absolute atomic E-state index is 11.7. The number of benzene rings is 3. The zero-order valence-corrected chi connectivity index (χ0v) is 15.4. The van der Waals surface area contributed by atoms with E-state index in [9.17, 15) is 4.79 Å². The molecule has 0 fully saturated rings. The van der Waals surface area contributed by atoms with Crippen LogP contribution in [0.15, 0.2) is 103 Å². The Morgan fingerprint density at radius 2 is 1.61 bits per heavy atom. The summed E-state index contributed by atoms with van der Waals surface area (Å²) in [5.41, 5.74) is 3.90. The molecule has 0 aromatic heterocycles. The predicted molar refractivity (Wildman–Crippen MR) is 112 cm³/mol. The molecule has 1 unspecified atom stereocenters. The lowest BCUT2D eigenvalue weighted by Crippen LogP contribution is -2.18. The third kappa shape index (κ3) is 3.58. The van der Waals surface area contributed by atoms with Gasteiger partial charge in [0.15, 0.2) is 0 Å². The Bertz CT molecular complexity index is 1010. The molecule has 3 aromatic carbocycles. The van der Waals surface area contributed by atoms with Gasteiger partial charge in [-0.25, -0.2) is 4.79 Å². The van der Waals surface area contributed by atoms with Crippen molar-refractivity contribution in [2.45, 2.75) is 12.5 Å². The molecule has 0 N–H and O–H groups in total. The summed E-state index contributed by atoms with van der Waals surface area (Å²) in [6.07, 6.45) is 1.87. The van der Waals surface area contributed by atoms with Crippen LogP contribution in [0.5, 0.6) is 5.75 Å². The molecule has 0 bridgehead atoms. The standard InChI is InChI=1S/C24H20N2O2/c1-2-24(27)28-23-16-10-9-15-20(23)21-17-22(18-11-5-3-6-12-18)26(25-21)19-13-7-4-8-14-19/h2-16,22H,1,17H2. The van der Waals surface area contributed by atoms with Crippen LogP contribution in [0.25, 0.3) is 0 Å². The van der Waals surface area contributed by atoms with Crippen LogP contribution in [0.2, 0.25) is 0 Å². The van der Waals surface area contributed by atoms with Crippen molar-refractivity contribution in [3.63, 3.8) is 0 Å². The lowest BCUT2D eigenvalue weighted by atomic mass is 9.98. The highest BCUT2D eigenvalue weighted by atomic mass is 16.5. The van der Waals surface area contributed by atoms with Gasteiger partial charge in [0, 0.05) is 18.1 Å². The van der Waals surface area contributed by atoms with Gasteiger partial charge in [0.05, 0.1) is 17.4 Å². The molecule has 0 spiro atoms. The van der Waals surface area contributed by atoms with Crippen LogP contribution >= 0.6 is 0 Å². The smallest absolute Gasteiger partial charge is 0.335 e. The Morgan fingerprint density at radius 3 is 2.32 bits per heavy atom. The summed E-state index contributed by atoms with van der Waals surface area (Å²) in [6.45, 7) is 3.47. The number of hydrogen-bond donors (Lipinski definition) is 0. The van der Waals surface area contributed by atoms with Crippen LogP contribution in [0.3, 0.4) is 0 Å². The van der Waals surface area contributed by atoms with Gasteiger partial charge in [-0.1, -0.05) is 67.2 Å². The third-order valence-electron chi connectivity index (χ3n) is 4.69. The van der Waals surface area contributed by atoms with E-state index in [2.05, 4.69) is 18.7 Å². The molecular formula is C24H20N2O2. The SMILES string of the molecule is C=CC(=O)Oc1ccccc1C1=NN(c2ccccc2)C(c2ccccc2)C1. The second kappa shape index (κ2) is 7.92. The van der Waals surface area contributed by atoms with Crippen LogP contribution in [0.1, 0.15) is 23.6 Å². The van der Waals surface area contributed by atoms with E-state index < -0.39 is 5.97 Å². The topological polar surface area (TPSA) is 41.9 Å². The highest BCUT2D eigenvalue weighted by molar-refractivity contribution is 6.06. The van der Waals surface area contributed by atoms with Gasteiger partial charge in [0.2, 0.25) is 0 Å². The number of nitrogens with zero attached hydrogens (tertiary/aromatic N) is 2. The number of carbonyl (C=O) groups excluding carboxylic acids is 1. The number of ether oxygens (including phenoxy) is 1. The summed E-state index contributed by atoms with van der Waals surface area (Å²) in [7, 11) is 0. The summed E-state index contributed by atoms with van der Waals surface area (Å²) in [5.74, 6) is 0.0124. The van der Waals surface area contributed by atoms with Gasteiger partial charge in [-0.05, 0) is 29.8 Å². The number of para-hydroxylation sites is 2. The van der Waals surface area contributed by atoms with Crippen molar-refractivity contribution < 1.29 is 9.53 Å². The van der Waals surface area contributed by atoms with E-state index in [-0.39, 0.29) is 6.04 Å². The number of anilines is 1. The Hall–Kier alpha value is -3.66. The number of hydrazone groups is 1. The number of carbonyl (C=O) groups is 1. The van der Waals surface area contributed by atoms with E-state index in [1.807, 2.05) is 71.7 Å². The molecule has 0 radical (unpaired) electrons. The summed E-state index contributed by atoms with van der Waals surface area (Å²) in [6, 6.07) is 28.0. The van der Waals surface area contributed by atoms with E-state index >= 15 is 0 Å². The first-order valence-corrected chi connectivity index (χ1v) is 9.16. The van der Waals surface area contributed by atoms with Gasteiger partial charge in [-0.3, -0.25) is 5.01 Å². The minimum absolute atomic E-state index is 0.0711. The van der Waals surface area contributed by atoms with Crippen LogP contribution < -0.4 is 9.75 Å².